The van der Waals surface area contributed by atoms with Gasteiger partial charge in [-0.15, -0.1) is 10.2 Å². The molecule has 1 unspecified atom stereocenters. The van der Waals surface area contributed by atoms with Crippen LogP contribution in [0.3, 0.4) is 0 Å². The molecule has 0 saturated heterocycles. The van der Waals surface area contributed by atoms with Gasteiger partial charge in [-0.25, -0.2) is 4.39 Å². The molecule has 1 amide bonds. The van der Waals surface area contributed by atoms with Gasteiger partial charge < -0.3 is 9.88 Å². The second-order valence-corrected chi connectivity index (χ2v) is 7.90. The van der Waals surface area contributed by atoms with E-state index >= 15 is 0 Å². The quantitative estimate of drug-likeness (QED) is 0.541. The molecular formula is C22H25FN4OS. The summed E-state index contributed by atoms with van der Waals surface area (Å²) in [6.07, 6.45) is 0.943. The van der Waals surface area contributed by atoms with Gasteiger partial charge in [0, 0.05) is 12.1 Å². The van der Waals surface area contributed by atoms with Gasteiger partial charge in [0.25, 0.3) is 0 Å². The van der Waals surface area contributed by atoms with Gasteiger partial charge in [-0.1, -0.05) is 54.6 Å². The smallest absolute Gasteiger partial charge is 0.230 e. The fraction of sp³-hybridized carbons (Fsp3) is 0.318. The number of hydrogen-bond donors (Lipinski definition) is 1. The Labute approximate surface area is 174 Å². The highest BCUT2D eigenvalue weighted by Crippen LogP contribution is 2.25. The summed E-state index contributed by atoms with van der Waals surface area (Å²) in [4.78, 5) is 12.4. The minimum atomic E-state index is -0.289. The molecule has 1 atom stereocenters. The number of aryl methyl sites for hydroxylation is 1. The minimum Gasteiger partial charge on any atom is -0.349 e. The molecular weight excluding hydrogens is 387 g/mol. The van der Waals surface area contributed by atoms with E-state index < -0.39 is 0 Å². The molecule has 5 nitrogen and oxygen atoms in total. The molecule has 3 aromatic rings. The fourth-order valence-corrected chi connectivity index (χ4v) is 3.84. The van der Waals surface area contributed by atoms with Crippen LogP contribution in [0.5, 0.6) is 0 Å². The number of aromatic nitrogens is 3. The standard InChI is InChI=1S/C22H25FN4OS/c1-4-12-27-21(18-7-5-6-15(2)13-18)25-26-22(27)29-14-20(28)24-16(3)17-8-10-19(23)11-9-17/h5-11,13,16H,4,12,14H2,1-3H3,(H,24,28). The number of amides is 1. The molecule has 1 N–H and O–H groups in total. The molecule has 0 fully saturated rings. The molecule has 0 aliphatic rings. The van der Waals surface area contributed by atoms with E-state index in [9.17, 15) is 9.18 Å². The number of nitrogens with one attached hydrogen (secondary N) is 1. The van der Waals surface area contributed by atoms with Crippen molar-refractivity contribution in [3.05, 3.63) is 65.5 Å². The van der Waals surface area contributed by atoms with Crippen LogP contribution in [-0.2, 0) is 11.3 Å². The van der Waals surface area contributed by atoms with Crippen LogP contribution in [0.15, 0.2) is 53.7 Å². The third kappa shape index (κ3) is 5.44. The maximum absolute atomic E-state index is 13.1. The Kier molecular flexibility index (Phi) is 7.04. The van der Waals surface area contributed by atoms with Crippen LogP contribution in [0.1, 0.15) is 37.4 Å². The Balaban J connectivity index is 1.66. The Morgan fingerprint density at radius 1 is 1.21 bits per heavy atom. The molecule has 0 radical (unpaired) electrons. The lowest BCUT2D eigenvalue weighted by Crippen LogP contribution is -2.28. The summed E-state index contributed by atoms with van der Waals surface area (Å²) in [7, 11) is 0. The van der Waals surface area contributed by atoms with Gasteiger partial charge in [0.1, 0.15) is 5.82 Å². The second-order valence-electron chi connectivity index (χ2n) is 6.96. The molecule has 29 heavy (non-hydrogen) atoms. The van der Waals surface area contributed by atoms with E-state index in [0.717, 1.165) is 40.6 Å². The van der Waals surface area contributed by atoms with Crippen molar-refractivity contribution in [2.75, 3.05) is 5.75 Å². The highest BCUT2D eigenvalue weighted by molar-refractivity contribution is 7.99. The molecule has 3 rings (SSSR count). The summed E-state index contributed by atoms with van der Waals surface area (Å²) in [5.41, 5.74) is 3.05. The highest BCUT2D eigenvalue weighted by Gasteiger charge is 2.16. The van der Waals surface area contributed by atoms with E-state index in [1.807, 2.05) is 32.0 Å². The van der Waals surface area contributed by atoms with Gasteiger partial charge in [0.05, 0.1) is 11.8 Å². The molecule has 0 saturated carbocycles. The van der Waals surface area contributed by atoms with E-state index in [2.05, 4.69) is 33.1 Å². The van der Waals surface area contributed by atoms with Crippen LogP contribution in [0.4, 0.5) is 4.39 Å². The SMILES string of the molecule is CCCn1c(SCC(=O)NC(C)c2ccc(F)cc2)nnc1-c1cccc(C)c1. The summed E-state index contributed by atoms with van der Waals surface area (Å²) in [6, 6.07) is 14.1. The number of halogens is 1. The van der Waals surface area contributed by atoms with Crippen LogP contribution < -0.4 is 5.32 Å². The number of carbonyl (C=O) groups excluding carboxylic acids is 1. The van der Waals surface area contributed by atoms with Crippen molar-refractivity contribution in [2.24, 2.45) is 0 Å². The summed E-state index contributed by atoms with van der Waals surface area (Å²) in [5, 5.41) is 12.4. The van der Waals surface area contributed by atoms with E-state index in [1.165, 1.54) is 23.9 Å². The second kappa shape index (κ2) is 9.69. The molecule has 1 aromatic heterocycles. The summed E-state index contributed by atoms with van der Waals surface area (Å²) in [5.74, 6) is 0.664. The van der Waals surface area contributed by atoms with E-state index in [4.69, 9.17) is 0 Å². The molecule has 0 aliphatic heterocycles. The zero-order valence-corrected chi connectivity index (χ0v) is 17.7. The van der Waals surface area contributed by atoms with Crippen LogP contribution in [0.25, 0.3) is 11.4 Å². The highest BCUT2D eigenvalue weighted by atomic mass is 32.2. The predicted octanol–water partition coefficient (Wildman–Crippen LogP) is 4.77. The van der Waals surface area contributed by atoms with Crippen molar-refractivity contribution in [3.63, 3.8) is 0 Å². The van der Waals surface area contributed by atoms with Crippen LogP contribution in [0, 0.1) is 12.7 Å². The Morgan fingerprint density at radius 2 is 1.97 bits per heavy atom. The molecule has 2 aromatic carbocycles. The van der Waals surface area contributed by atoms with Crippen LogP contribution >= 0.6 is 11.8 Å². The van der Waals surface area contributed by atoms with Crippen molar-refractivity contribution in [3.8, 4) is 11.4 Å². The van der Waals surface area contributed by atoms with Gasteiger partial charge in [0.2, 0.25) is 5.91 Å². The molecule has 0 aliphatic carbocycles. The third-order valence-corrected chi connectivity index (χ3v) is 5.49. The summed E-state index contributed by atoms with van der Waals surface area (Å²) >= 11 is 1.37. The number of benzene rings is 2. The Morgan fingerprint density at radius 3 is 2.66 bits per heavy atom. The number of rotatable bonds is 8. The van der Waals surface area contributed by atoms with Crippen LogP contribution in [-0.4, -0.2) is 26.4 Å². The van der Waals surface area contributed by atoms with E-state index in [0.29, 0.717) is 0 Å². The first-order valence-corrected chi connectivity index (χ1v) is 10.6. The topological polar surface area (TPSA) is 59.8 Å². The normalized spacial score (nSPS) is 12.0. The number of hydrogen-bond acceptors (Lipinski definition) is 4. The number of nitrogens with zero attached hydrogens (tertiary/aromatic N) is 3. The van der Waals surface area contributed by atoms with Crippen molar-refractivity contribution >= 4 is 17.7 Å². The van der Waals surface area contributed by atoms with E-state index in [1.54, 1.807) is 12.1 Å². The minimum absolute atomic E-state index is 0.102. The zero-order chi connectivity index (χ0) is 20.8. The summed E-state index contributed by atoms with van der Waals surface area (Å²) in [6.45, 7) is 6.81. The summed E-state index contributed by atoms with van der Waals surface area (Å²) < 4.78 is 15.1. The predicted molar refractivity (Wildman–Crippen MR) is 114 cm³/mol. The Hall–Kier alpha value is -2.67. The molecule has 0 bridgehead atoms. The number of carbonyl (C=O) groups is 1. The lowest BCUT2D eigenvalue weighted by atomic mass is 10.1. The van der Waals surface area contributed by atoms with Crippen molar-refractivity contribution in [1.29, 1.82) is 0 Å². The van der Waals surface area contributed by atoms with Crippen molar-refractivity contribution in [2.45, 2.75) is 44.9 Å². The zero-order valence-electron chi connectivity index (χ0n) is 16.9. The molecule has 7 heteroatoms. The van der Waals surface area contributed by atoms with Gasteiger partial charge in [-0.2, -0.15) is 0 Å². The average Bonchev–Trinajstić information content (AvgIpc) is 3.10. The largest absolute Gasteiger partial charge is 0.349 e. The maximum Gasteiger partial charge on any atom is 0.230 e. The first-order valence-electron chi connectivity index (χ1n) is 9.65. The first-order chi connectivity index (χ1) is 14.0. The van der Waals surface area contributed by atoms with E-state index in [-0.39, 0.29) is 23.5 Å². The van der Waals surface area contributed by atoms with Crippen molar-refractivity contribution < 1.29 is 9.18 Å². The average molecular weight is 413 g/mol. The van der Waals surface area contributed by atoms with Crippen molar-refractivity contribution in [1.82, 2.24) is 20.1 Å². The lowest BCUT2D eigenvalue weighted by molar-refractivity contribution is -0.119. The van der Waals surface area contributed by atoms with Gasteiger partial charge in [0.15, 0.2) is 11.0 Å². The van der Waals surface area contributed by atoms with Gasteiger partial charge in [-0.05, 0) is 44.0 Å². The van der Waals surface area contributed by atoms with Gasteiger partial charge in [-0.3, -0.25) is 4.79 Å². The number of thioether (sulfide) groups is 1. The molecule has 152 valence electrons. The third-order valence-electron chi connectivity index (χ3n) is 4.52. The molecule has 0 spiro atoms. The molecule has 1 heterocycles. The Bertz CT molecular complexity index is 971. The fourth-order valence-electron chi connectivity index (χ4n) is 3.07. The monoisotopic (exact) mass is 412 g/mol. The maximum atomic E-state index is 13.1. The van der Waals surface area contributed by atoms with Crippen LogP contribution in [0.2, 0.25) is 0 Å². The lowest BCUT2D eigenvalue weighted by Gasteiger charge is -2.14. The van der Waals surface area contributed by atoms with Gasteiger partial charge >= 0.3 is 0 Å². The first kappa shape index (κ1) is 21.0.